The van der Waals surface area contributed by atoms with Crippen molar-refractivity contribution in [1.82, 2.24) is 5.32 Å². The Bertz CT molecular complexity index is 668. The molecular weight excluding hydrogens is 304 g/mol. The highest BCUT2D eigenvalue weighted by Gasteiger charge is 2.21. The lowest BCUT2D eigenvalue weighted by Crippen LogP contribution is -2.43. The molecule has 0 spiro atoms. The van der Waals surface area contributed by atoms with E-state index in [4.69, 9.17) is 10.00 Å². The van der Waals surface area contributed by atoms with Gasteiger partial charge >= 0.3 is 6.09 Å². The highest BCUT2D eigenvalue weighted by Crippen LogP contribution is 2.08. The van der Waals surface area contributed by atoms with Crippen LogP contribution in [0.1, 0.15) is 17.5 Å². The van der Waals surface area contributed by atoms with Crippen LogP contribution in [-0.4, -0.2) is 23.3 Å². The molecule has 2 rings (SSSR count). The topological polar surface area (TPSA) is 82.4 Å². The third kappa shape index (κ3) is 5.75. The lowest BCUT2D eigenvalue weighted by atomic mass is 10.0. The second-order valence-corrected chi connectivity index (χ2v) is 5.41. The highest BCUT2D eigenvalue weighted by atomic mass is 16.5. The Balaban J connectivity index is 1.86. The van der Waals surface area contributed by atoms with Crippen molar-refractivity contribution in [2.75, 3.05) is 0 Å². The quantitative estimate of drug-likeness (QED) is 0.767. The van der Waals surface area contributed by atoms with Crippen LogP contribution in [0, 0.1) is 11.3 Å². The van der Waals surface area contributed by atoms with Crippen molar-refractivity contribution in [2.45, 2.75) is 31.6 Å². The molecule has 2 aromatic carbocycles. The molecule has 0 heterocycles. The van der Waals surface area contributed by atoms with Crippen LogP contribution in [0.2, 0.25) is 0 Å². The fourth-order valence-corrected chi connectivity index (χ4v) is 2.28. The van der Waals surface area contributed by atoms with Gasteiger partial charge < -0.3 is 15.2 Å². The van der Waals surface area contributed by atoms with Crippen molar-refractivity contribution >= 4 is 6.09 Å². The van der Waals surface area contributed by atoms with E-state index in [9.17, 15) is 9.90 Å². The highest BCUT2D eigenvalue weighted by molar-refractivity contribution is 5.67. The van der Waals surface area contributed by atoms with Crippen LogP contribution < -0.4 is 5.32 Å². The van der Waals surface area contributed by atoms with Crippen molar-refractivity contribution in [3.05, 3.63) is 71.8 Å². The summed E-state index contributed by atoms with van der Waals surface area (Å²) < 4.78 is 5.13. The molecule has 0 bridgehead atoms. The van der Waals surface area contributed by atoms with E-state index in [-0.39, 0.29) is 6.61 Å². The van der Waals surface area contributed by atoms with Crippen molar-refractivity contribution in [3.63, 3.8) is 0 Å². The number of aryl methyl sites for hydroxylation is 1. The molecule has 5 heteroatoms. The summed E-state index contributed by atoms with van der Waals surface area (Å²) in [6.45, 7) is 0.140. The Morgan fingerprint density at radius 3 is 2.25 bits per heavy atom. The number of rotatable bonds is 7. The van der Waals surface area contributed by atoms with Gasteiger partial charge in [0, 0.05) is 0 Å². The van der Waals surface area contributed by atoms with Gasteiger partial charge in [0.05, 0.1) is 12.1 Å². The van der Waals surface area contributed by atoms with Gasteiger partial charge in [0.2, 0.25) is 0 Å². The number of carbonyl (C=O) groups excluding carboxylic acids is 1. The predicted molar refractivity (Wildman–Crippen MR) is 89.9 cm³/mol. The van der Waals surface area contributed by atoms with Crippen LogP contribution in [-0.2, 0) is 17.8 Å². The molecule has 0 aliphatic heterocycles. The number of ether oxygens (including phenoxy) is 1. The Morgan fingerprint density at radius 1 is 1.08 bits per heavy atom. The number of nitriles is 1. The maximum Gasteiger partial charge on any atom is 0.407 e. The Labute approximate surface area is 141 Å². The zero-order valence-electron chi connectivity index (χ0n) is 13.3. The largest absolute Gasteiger partial charge is 0.445 e. The van der Waals surface area contributed by atoms with Crippen molar-refractivity contribution in [2.24, 2.45) is 0 Å². The summed E-state index contributed by atoms with van der Waals surface area (Å²) in [4.78, 5) is 11.9. The van der Waals surface area contributed by atoms with Gasteiger partial charge in [0.25, 0.3) is 0 Å². The Kier molecular flexibility index (Phi) is 6.81. The molecule has 1 unspecified atom stereocenters. The maximum absolute atomic E-state index is 11.9. The van der Waals surface area contributed by atoms with Gasteiger partial charge in [-0.25, -0.2) is 4.79 Å². The Morgan fingerprint density at radius 2 is 1.67 bits per heavy atom. The fourth-order valence-electron chi connectivity index (χ4n) is 2.28. The lowest BCUT2D eigenvalue weighted by molar-refractivity contribution is 0.118. The lowest BCUT2D eigenvalue weighted by Gasteiger charge is -2.19. The first kappa shape index (κ1) is 17.5. The SMILES string of the molecule is N#CC(O)[C@@H](CCc1ccccc1)NC(=O)OCc1ccccc1. The maximum atomic E-state index is 11.9. The number of aliphatic hydroxyl groups is 1. The van der Waals surface area contributed by atoms with Crippen molar-refractivity contribution in [3.8, 4) is 6.07 Å². The second-order valence-electron chi connectivity index (χ2n) is 5.41. The monoisotopic (exact) mass is 324 g/mol. The van der Waals surface area contributed by atoms with E-state index in [0.29, 0.717) is 12.8 Å². The summed E-state index contributed by atoms with van der Waals surface area (Å²) in [6, 6.07) is 20.1. The molecule has 24 heavy (non-hydrogen) atoms. The number of amides is 1. The van der Waals surface area contributed by atoms with Crippen molar-refractivity contribution in [1.29, 1.82) is 5.26 Å². The van der Waals surface area contributed by atoms with Gasteiger partial charge in [0.1, 0.15) is 6.61 Å². The van der Waals surface area contributed by atoms with Crippen LogP contribution in [0.5, 0.6) is 0 Å². The number of carbonyl (C=O) groups is 1. The minimum absolute atomic E-state index is 0.140. The number of nitrogens with zero attached hydrogens (tertiary/aromatic N) is 1. The molecule has 124 valence electrons. The summed E-state index contributed by atoms with van der Waals surface area (Å²) >= 11 is 0. The molecule has 0 aromatic heterocycles. The minimum Gasteiger partial charge on any atom is -0.445 e. The minimum atomic E-state index is -1.28. The number of aliphatic hydroxyl groups excluding tert-OH is 1. The summed E-state index contributed by atoms with van der Waals surface area (Å²) in [5, 5.41) is 21.3. The second kappa shape index (κ2) is 9.33. The molecule has 1 amide bonds. The van der Waals surface area contributed by atoms with E-state index < -0.39 is 18.2 Å². The first-order chi connectivity index (χ1) is 11.7. The van der Waals surface area contributed by atoms with E-state index in [2.05, 4.69) is 5.32 Å². The summed E-state index contributed by atoms with van der Waals surface area (Å²) in [5.74, 6) is 0. The molecule has 2 aromatic rings. The number of hydrogen-bond acceptors (Lipinski definition) is 4. The van der Waals surface area contributed by atoms with E-state index in [1.54, 1.807) is 6.07 Å². The van der Waals surface area contributed by atoms with Crippen LogP contribution in [0.15, 0.2) is 60.7 Å². The number of benzene rings is 2. The summed E-state index contributed by atoms with van der Waals surface area (Å²) in [6.07, 6.45) is -0.841. The summed E-state index contributed by atoms with van der Waals surface area (Å²) in [5.41, 5.74) is 1.95. The number of nitrogens with one attached hydrogen (secondary N) is 1. The summed E-state index contributed by atoms with van der Waals surface area (Å²) in [7, 11) is 0. The Hall–Kier alpha value is -2.84. The molecule has 0 radical (unpaired) electrons. The molecule has 0 saturated carbocycles. The molecule has 2 atom stereocenters. The van der Waals surface area contributed by atoms with Gasteiger partial charge in [-0.05, 0) is 24.0 Å². The number of alkyl carbamates (subject to hydrolysis) is 1. The third-order valence-electron chi connectivity index (χ3n) is 3.62. The normalized spacial score (nSPS) is 12.7. The van der Waals surface area contributed by atoms with Crippen LogP contribution >= 0.6 is 0 Å². The molecule has 2 N–H and O–H groups in total. The van der Waals surface area contributed by atoms with Crippen LogP contribution in [0.4, 0.5) is 4.79 Å². The fraction of sp³-hybridized carbons (Fsp3) is 0.263. The third-order valence-corrected chi connectivity index (χ3v) is 3.62. The molecule has 5 nitrogen and oxygen atoms in total. The van der Waals surface area contributed by atoms with Crippen LogP contribution in [0.3, 0.4) is 0 Å². The molecular formula is C19H20N2O3. The molecule has 0 fully saturated rings. The number of hydrogen-bond donors (Lipinski definition) is 2. The standard InChI is InChI=1S/C19H20N2O3/c20-13-18(22)17(12-11-15-7-3-1-4-8-15)21-19(23)24-14-16-9-5-2-6-10-16/h1-10,17-18,22H,11-12,14H2,(H,21,23)/t17-,18?/m1/s1. The first-order valence-corrected chi connectivity index (χ1v) is 7.78. The van der Waals surface area contributed by atoms with E-state index >= 15 is 0 Å². The van der Waals surface area contributed by atoms with Gasteiger partial charge in [0.15, 0.2) is 6.10 Å². The first-order valence-electron chi connectivity index (χ1n) is 7.78. The van der Waals surface area contributed by atoms with Gasteiger partial charge in [-0.15, -0.1) is 0 Å². The molecule has 0 aliphatic carbocycles. The predicted octanol–water partition coefficient (Wildman–Crippen LogP) is 2.80. The van der Waals surface area contributed by atoms with Gasteiger partial charge in [-0.3, -0.25) is 0 Å². The average Bonchev–Trinajstić information content (AvgIpc) is 2.64. The van der Waals surface area contributed by atoms with E-state index in [1.165, 1.54) is 0 Å². The van der Waals surface area contributed by atoms with Gasteiger partial charge in [-0.2, -0.15) is 5.26 Å². The van der Waals surface area contributed by atoms with Crippen LogP contribution in [0.25, 0.3) is 0 Å². The average molecular weight is 324 g/mol. The molecule has 0 aliphatic rings. The van der Waals surface area contributed by atoms with Gasteiger partial charge in [-0.1, -0.05) is 60.7 Å². The molecule has 0 saturated heterocycles. The zero-order chi connectivity index (χ0) is 17.2. The van der Waals surface area contributed by atoms with E-state index in [0.717, 1.165) is 11.1 Å². The zero-order valence-corrected chi connectivity index (χ0v) is 13.3. The smallest absolute Gasteiger partial charge is 0.407 e. The van der Waals surface area contributed by atoms with Crippen molar-refractivity contribution < 1.29 is 14.6 Å². The van der Waals surface area contributed by atoms with E-state index in [1.807, 2.05) is 60.7 Å².